The van der Waals surface area contributed by atoms with Crippen LogP contribution in [0.1, 0.15) is 10.5 Å². The summed E-state index contributed by atoms with van der Waals surface area (Å²) in [6, 6.07) is 17.0. The van der Waals surface area contributed by atoms with E-state index in [1.165, 1.54) is 23.1 Å². The van der Waals surface area contributed by atoms with Crippen LogP contribution in [0.3, 0.4) is 0 Å². The van der Waals surface area contributed by atoms with Crippen LogP contribution < -0.4 is 5.56 Å². The molecule has 30 heavy (non-hydrogen) atoms. The van der Waals surface area contributed by atoms with Gasteiger partial charge in [-0.3, -0.25) is 14.2 Å². The molecule has 0 aliphatic carbocycles. The molecule has 8 heteroatoms. The third kappa shape index (κ3) is 3.43. The van der Waals surface area contributed by atoms with Gasteiger partial charge in [0.25, 0.3) is 5.56 Å². The van der Waals surface area contributed by atoms with Crippen LogP contribution in [0.25, 0.3) is 26.3 Å². The lowest BCUT2D eigenvalue weighted by Gasteiger charge is -2.12. The Hall–Kier alpha value is -2.94. The number of thiophene rings is 2. The average molecular weight is 450 g/mol. The normalized spacial score (nSPS) is 11.2. The Bertz CT molecular complexity index is 1370. The molecule has 0 saturated carbocycles. The molecular formula is C22H15N3O2S3. The second-order valence-corrected chi connectivity index (χ2v) is 9.22. The molecule has 0 radical (unpaired) electrons. The van der Waals surface area contributed by atoms with Gasteiger partial charge in [-0.05, 0) is 35.7 Å². The van der Waals surface area contributed by atoms with Crippen molar-refractivity contribution in [3.8, 4) is 16.1 Å². The zero-order valence-corrected chi connectivity index (χ0v) is 18.0. The summed E-state index contributed by atoms with van der Waals surface area (Å²) in [5.41, 5.74) is 2.07. The number of carbonyl (C=O) groups is 1. The minimum Gasteiger partial charge on any atom is -0.359 e. The number of aromatic amines is 1. The van der Waals surface area contributed by atoms with Crippen molar-refractivity contribution in [2.45, 2.75) is 5.16 Å². The van der Waals surface area contributed by atoms with Gasteiger partial charge in [0.2, 0.25) is 0 Å². The predicted molar refractivity (Wildman–Crippen MR) is 124 cm³/mol. The standard InChI is InChI=1S/C22H15N3O2S3/c26-17(16-8-4-10-23-16)13-30-22-24-20-19(15(12-29-20)18-9-5-11-28-18)21(27)25(22)14-6-2-1-3-7-14/h1-12,23H,13H2. The van der Waals surface area contributed by atoms with Gasteiger partial charge < -0.3 is 4.98 Å². The highest BCUT2D eigenvalue weighted by molar-refractivity contribution is 7.99. The summed E-state index contributed by atoms with van der Waals surface area (Å²) in [5.74, 6) is 0.151. The number of aromatic nitrogens is 3. The van der Waals surface area contributed by atoms with E-state index in [1.54, 1.807) is 34.2 Å². The summed E-state index contributed by atoms with van der Waals surface area (Å²) >= 11 is 4.33. The van der Waals surface area contributed by atoms with Crippen molar-refractivity contribution in [2.24, 2.45) is 0 Å². The molecule has 0 spiro atoms. The molecule has 0 fully saturated rings. The quantitative estimate of drug-likeness (QED) is 0.212. The van der Waals surface area contributed by atoms with Crippen LogP contribution in [-0.2, 0) is 0 Å². The van der Waals surface area contributed by atoms with E-state index in [-0.39, 0.29) is 17.1 Å². The molecule has 4 heterocycles. The first kappa shape index (κ1) is 19.0. The van der Waals surface area contributed by atoms with Gasteiger partial charge in [0.1, 0.15) is 4.83 Å². The summed E-state index contributed by atoms with van der Waals surface area (Å²) in [5, 5.41) is 5.11. The second-order valence-electron chi connectivity index (χ2n) is 6.47. The zero-order valence-electron chi connectivity index (χ0n) is 15.6. The molecule has 0 aliphatic heterocycles. The van der Waals surface area contributed by atoms with Crippen molar-refractivity contribution in [1.82, 2.24) is 14.5 Å². The monoisotopic (exact) mass is 449 g/mol. The van der Waals surface area contributed by atoms with Crippen molar-refractivity contribution in [3.05, 3.63) is 87.6 Å². The Morgan fingerprint density at radius 2 is 1.93 bits per heavy atom. The zero-order chi connectivity index (χ0) is 20.5. The largest absolute Gasteiger partial charge is 0.359 e. The number of nitrogens with one attached hydrogen (secondary N) is 1. The highest BCUT2D eigenvalue weighted by Crippen LogP contribution is 2.35. The summed E-state index contributed by atoms with van der Waals surface area (Å²) < 4.78 is 1.61. The van der Waals surface area contributed by atoms with E-state index in [9.17, 15) is 9.59 Å². The Morgan fingerprint density at radius 3 is 2.67 bits per heavy atom. The maximum Gasteiger partial charge on any atom is 0.268 e. The van der Waals surface area contributed by atoms with E-state index >= 15 is 0 Å². The fourth-order valence-corrected chi connectivity index (χ4v) is 5.90. The Balaban J connectivity index is 1.64. The number of carbonyl (C=O) groups excluding carboxylic acids is 1. The molecular weight excluding hydrogens is 434 g/mol. The van der Waals surface area contributed by atoms with E-state index in [0.717, 1.165) is 16.1 Å². The minimum atomic E-state index is -0.120. The molecule has 0 aliphatic rings. The number of para-hydroxylation sites is 1. The predicted octanol–water partition coefficient (Wildman–Crippen LogP) is 5.48. The molecule has 0 bridgehead atoms. The highest BCUT2D eigenvalue weighted by atomic mass is 32.2. The molecule has 5 aromatic rings. The molecule has 148 valence electrons. The van der Waals surface area contributed by atoms with Gasteiger partial charge in [0.05, 0.1) is 22.5 Å². The van der Waals surface area contributed by atoms with Gasteiger partial charge >= 0.3 is 0 Å². The molecule has 1 N–H and O–H groups in total. The lowest BCUT2D eigenvalue weighted by molar-refractivity contribution is 0.101. The number of fused-ring (bicyclic) bond motifs is 1. The van der Waals surface area contributed by atoms with Crippen molar-refractivity contribution >= 4 is 50.4 Å². The van der Waals surface area contributed by atoms with E-state index in [2.05, 4.69) is 4.98 Å². The summed E-state index contributed by atoms with van der Waals surface area (Å²) in [6.45, 7) is 0. The van der Waals surface area contributed by atoms with Gasteiger partial charge in [-0.2, -0.15) is 0 Å². The maximum atomic E-state index is 13.6. The first-order valence-electron chi connectivity index (χ1n) is 9.15. The smallest absolute Gasteiger partial charge is 0.268 e. The van der Waals surface area contributed by atoms with Crippen molar-refractivity contribution in [1.29, 1.82) is 0 Å². The number of thioether (sulfide) groups is 1. The van der Waals surface area contributed by atoms with Gasteiger partial charge in [-0.15, -0.1) is 22.7 Å². The van der Waals surface area contributed by atoms with Gasteiger partial charge in [-0.1, -0.05) is 36.0 Å². The number of H-pyrrole nitrogens is 1. The highest BCUT2D eigenvalue weighted by Gasteiger charge is 2.20. The molecule has 0 unspecified atom stereocenters. The minimum absolute atomic E-state index is 0.0376. The summed E-state index contributed by atoms with van der Waals surface area (Å²) in [4.78, 5) is 35.5. The third-order valence-electron chi connectivity index (χ3n) is 4.61. The SMILES string of the molecule is O=C(CSc1nc2scc(-c3cccs3)c2c(=O)n1-c1ccccc1)c1ccc[nH]1. The van der Waals surface area contributed by atoms with Crippen LogP contribution in [0.5, 0.6) is 0 Å². The van der Waals surface area contributed by atoms with E-state index in [0.29, 0.717) is 21.1 Å². The first-order valence-corrected chi connectivity index (χ1v) is 11.9. The van der Waals surface area contributed by atoms with E-state index in [1.807, 2.05) is 53.2 Å². The summed E-state index contributed by atoms with van der Waals surface area (Å²) in [6.07, 6.45) is 1.72. The molecule has 0 atom stereocenters. The van der Waals surface area contributed by atoms with Crippen LogP contribution >= 0.6 is 34.4 Å². The Labute approximate surface area is 184 Å². The fraction of sp³-hybridized carbons (Fsp3) is 0.0455. The van der Waals surface area contributed by atoms with E-state index < -0.39 is 0 Å². The maximum absolute atomic E-state index is 13.6. The number of ketones is 1. The third-order valence-corrected chi connectivity index (χ3v) is 7.32. The molecule has 5 nitrogen and oxygen atoms in total. The fourth-order valence-electron chi connectivity index (χ4n) is 3.20. The molecule has 0 saturated heterocycles. The number of benzene rings is 1. The topological polar surface area (TPSA) is 67.8 Å². The Kier molecular flexibility index (Phi) is 5.12. The first-order chi connectivity index (χ1) is 14.7. The van der Waals surface area contributed by atoms with Crippen LogP contribution in [0.2, 0.25) is 0 Å². The van der Waals surface area contributed by atoms with Crippen molar-refractivity contribution in [2.75, 3.05) is 5.75 Å². The second kappa shape index (κ2) is 8.06. The molecule has 4 aromatic heterocycles. The Morgan fingerprint density at radius 1 is 1.07 bits per heavy atom. The molecule has 0 amide bonds. The number of Topliss-reactive ketones (excluding diaryl/α,β-unsaturated/α-hetero) is 1. The average Bonchev–Trinajstić information content (AvgIpc) is 3.54. The lowest BCUT2D eigenvalue weighted by Crippen LogP contribution is -2.22. The van der Waals surface area contributed by atoms with Gasteiger partial charge in [0.15, 0.2) is 10.9 Å². The number of nitrogens with zero attached hydrogens (tertiary/aromatic N) is 2. The van der Waals surface area contributed by atoms with Crippen molar-refractivity contribution < 1.29 is 4.79 Å². The van der Waals surface area contributed by atoms with Crippen LogP contribution in [0.4, 0.5) is 0 Å². The lowest BCUT2D eigenvalue weighted by atomic mass is 10.2. The van der Waals surface area contributed by atoms with Crippen LogP contribution in [-0.4, -0.2) is 26.1 Å². The van der Waals surface area contributed by atoms with Gasteiger partial charge in [-0.25, -0.2) is 4.98 Å². The van der Waals surface area contributed by atoms with Crippen LogP contribution in [0, 0.1) is 0 Å². The molecule has 1 aromatic carbocycles. The molecule has 5 rings (SSSR count). The summed E-state index contributed by atoms with van der Waals surface area (Å²) in [7, 11) is 0. The number of hydrogen-bond donors (Lipinski definition) is 1. The van der Waals surface area contributed by atoms with E-state index in [4.69, 9.17) is 4.98 Å². The van der Waals surface area contributed by atoms with Crippen molar-refractivity contribution in [3.63, 3.8) is 0 Å². The van der Waals surface area contributed by atoms with Gasteiger partial charge in [0, 0.05) is 22.0 Å². The van der Waals surface area contributed by atoms with Crippen LogP contribution in [0.15, 0.2) is 81.5 Å². The number of rotatable bonds is 6. The number of hydrogen-bond acceptors (Lipinski definition) is 6.